The fourth-order valence-electron chi connectivity index (χ4n) is 1.71. The van der Waals surface area contributed by atoms with E-state index in [1.807, 2.05) is 17.8 Å². The normalized spacial score (nSPS) is 11.9. The molecule has 0 radical (unpaired) electrons. The zero-order valence-electron chi connectivity index (χ0n) is 11.6. The van der Waals surface area contributed by atoms with Gasteiger partial charge in [0.15, 0.2) is 0 Å². The van der Waals surface area contributed by atoms with E-state index in [0.29, 0.717) is 6.04 Å². The van der Waals surface area contributed by atoms with Crippen molar-refractivity contribution in [2.24, 2.45) is 0 Å². The lowest BCUT2D eigenvalue weighted by atomic mass is 10.2. The molecule has 0 bridgehead atoms. The Kier molecular flexibility index (Phi) is 6.49. The van der Waals surface area contributed by atoms with Gasteiger partial charge in [-0.2, -0.15) is 11.8 Å². The second kappa shape index (κ2) is 7.89. The topological polar surface area (TPSA) is 67.2 Å². The number of nitrogens with one attached hydrogen (secondary N) is 2. The van der Waals surface area contributed by atoms with Gasteiger partial charge in [0, 0.05) is 36.6 Å². The van der Waals surface area contributed by atoms with Crippen molar-refractivity contribution in [1.29, 1.82) is 0 Å². The van der Waals surface area contributed by atoms with Crippen molar-refractivity contribution in [1.82, 2.24) is 0 Å². The smallest absolute Gasteiger partial charge is 0.273 e. The molecule has 1 aromatic rings. The van der Waals surface area contributed by atoms with Crippen molar-refractivity contribution in [3.8, 4) is 0 Å². The Morgan fingerprint density at radius 2 is 2.05 bits per heavy atom. The fourth-order valence-corrected chi connectivity index (χ4v) is 2.51. The second-order valence-electron chi connectivity index (χ2n) is 4.31. The third kappa shape index (κ3) is 5.38. The number of nitro groups is 1. The van der Waals surface area contributed by atoms with Gasteiger partial charge in [0.25, 0.3) is 5.69 Å². The molecule has 0 aliphatic rings. The largest absolute Gasteiger partial charge is 0.388 e. The maximum absolute atomic E-state index is 10.9. The standard InChI is InChI=1S/C13H21N3O2S/c1-4-19-6-5-10(2)15-12-7-11(14-3)8-13(9-12)16(17)18/h7-10,14-15H,4-6H2,1-3H3. The van der Waals surface area contributed by atoms with Crippen LogP contribution in [0.5, 0.6) is 0 Å². The van der Waals surface area contributed by atoms with Crippen molar-refractivity contribution in [2.75, 3.05) is 29.2 Å². The molecule has 0 aliphatic heterocycles. The predicted molar refractivity (Wildman–Crippen MR) is 83.3 cm³/mol. The van der Waals surface area contributed by atoms with Crippen LogP contribution in [0.15, 0.2) is 18.2 Å². The molecule has 2 N–H and O–H groups in total. The summed E-state index contributed by atoms with van der Waals surface area (Å²) in [5.74, 6) is 2.21. The first kappa shape index (κ1) is 15.6. The van der Waals surface area contributed by atoms with Crippen LogP contribution in [0.4, 0.5) is 17.1 Å². The van der Waals surface area contributed by atoms with E-state index in [0.717, 1.165) is 29.3 Å². The van der Waals surface area contributed by atoms with Gasteiger partial charge in [-0.25, -0.2) is 0 Å². The Morgan fingerprint density at radius 3 is 2.63 bits per heavy atom. The van der Waals surface area contributed by atoms with Crippen LogP contribution in [0.25, 0.3) is 0 Å². The molecular formula is C13H21N3O2S. The van der Waals surface area contributed by atoms with Gasteiger partial charge in [-0.05, 0) is 30.9 Å². The molecule has 106 valence electrons. The molecular weight excluding hydrogens is 262 g/mol. The molecule has 0 saturated heterocycles. The minimum Gasteiger partial charge on any atom is -0.388 e. The highest BCUT2D eigenvalue weighted by Gasteiger charge is 2.10. The molecule has 0 aliphatic carbocycles. The molecule has 1 aromatic carbocycles. The minimum atomic E-state index is -0.371. The van der Waals surface area contributed by atoms with Gasteiger partial charge in [0.2, 0.25) is 0 Å². The number of benzene rings is 1. The summed E-state index contributed by atoms with van der Waals surface area (Å²) in [7, 11) is 1.75. The average molecular weight is 283 g/mol. The van der Waals surface area contributed by atoms with Crippen LogP contribution >= 0.6 is 11.8 Å². The van der Waals surface area contributed by atoms with Crippen LogP contribution in [0.3, 0.4) is 0 Å². The highest BCUT2D eigenvalue weighted by atomic mass is 32.2. The quantitative estimate of drug-likeness (QED) is 0.433. The van der Waals surface area contributed by atoms with E-state index in [9.17, 15) is 10.1 Å². The summed E-state index contributed by atoms with van der Waals surface area (Å²) < 4.78 is 0. The molecule has 1 rings (SSSR count). The van der Waals surface area contributed by atoms with E-state index >= 15 is 0 Å². The van der Waals surface area contributed by atoms with Crippen molar-refractivity contribution >= 4 is 28.8 Å². The Balaban J connectivity index is 2.71. The first-order valence-electron chi connectivity index (χ1n) is 6.38. The van der Waals surface area contributed by atoms with E-state index in [-0.39, 0.29) is 10.6 Å². The molecule has 0 fully saturated rings. The Morgan fingerprint density at radius 1 is 1.37 bits per heavy atom. The van der Waals surface area contributed by atoms with Crippen molar-refractivity contribution in [3.05, 3.63) is 28.3 Å². The summed E-state index contributed by atoms with van der Waals surface area (Å²) in [5, 5.41) is 17.1. The number of hydrogen-bond donors (Lipinski definition) is 2. The molecule has 0 saturated carbocycles. The van der Waals surface area contributed by atoms with Crippen molar-refractivity contribution in [3.63, 3.8) is 0 Å². The van der Waals surface area contributed by atoms with Gasteiger partial charge in [-0.15, -0.1) is 0 Å². The molecule has 6 heteroatoms. The third-order valence-electron chi connectivity index (χ3n) is 2.73. The Bertz CT molecular complexity index is 426. The van der Waals surface area contributed by atoms with Gasteiger partial charge < -0.3 is 10.6 Å². The summed E-state index contributed by atoms with van der Waals surface area (Å²) >= 11 is 1.90. The van der Waals surface area contributed by atoms with Crippen LogP contribution < -0.4 is 10.6 Å². The van der Waals surface area contributed by atoms with Gasteiger partial charge in [-0.1, -0.05) is 6.92 Å². The number of nitro benzene ring substituents is 1. The average Bonchev–Trinajstić information content (AvgIpc) is 2.38. The van der Waals surface area contributed by atoms with Crippen LogP contribution in [-0.2, 0) is 0 Å². The van der Waals surface area contributed by atoms with Gasteiger partial charge in [0.05, 0.1) is 4.92 Å². The lowest BCUT2D eigenvalue weighted by molar-refractivity contribution is -0.384. The number of thioether (sulfide) groups is 1. The van der Waals surface area contributed by atoms with Crippen LogP contribution in [0.1, 0.15) is 20.3 Å². The highest BCUT2D eigenvalue weighted by Crippen LogP contribution is 2.25. The molecule has 0 amide bonds. The maximum atomic E-state index is 10.9. The highest BCUT2D eigenvalue weighted by molar-refractivity contribution is 7.99. The third-order valence-corrected chi connectivity index (χ3v) is 3.66. The SMILES string of the molecule is CCSCCC(C)Nc1cc(NC)cc([N+](=O)[O-])c1. The van der Waals surface area contributed by atoms with Crippen LogP contribution in [0.2, 0.25) is 0 Å². The fraction of sp³-hybridized carbons (Fsp3) is 0.538. The van der Waals surface area contributed by atoms with E-state index in [4.69, 9.17) is 0 Å². The predicted octanol–water partition coefficient (Wildman–Crippen LogP) is 3.58. The second-order valence-corrected chi connectivity index (χ2v) is 5.70. The number of hydrogen-bond acceptors (Lipinski definition) is 5. The minimum absolute atomic E-state index is 0.101. The maximum Gasteiger partial charge on any atom is 0.273 e. The molecule has 1 atom stereocenters. The number of anilines is 2. The lowest BCUT2D eigenvalue weighted by Crippen LogP contribution is -2.16. The number of nitrogens with zero attached hydrogens (tertiary/aromatic N) is 1. The van der Waals surface area contributed by atoms with Gasteiger partial charge >= 0.3 is 0 Å². The van der Waals surface area contributed by atoms with E-state index < -0.39 is 0 Å². The zero-order chi connectivity index (χ0) is 14.3. The molecule has 1 unspecified atom stereocenters. The molecule has 19 heavy (non-hydrogen) atoms. The molecule has 0 spiro atoms. The Labute approximate surface area is 118 Å². The van der Waals surface area contributed by atoms with Gasteiger partial charge in [0.1, 0.15) is 0 Å². The first-order valence-corrected chi connectivity index (χ1v) is 7.53. The first-order chi connectivity index (χ1) is 9.06. The van der Waals surface area contributed by atoms with Crippen molar-refractivity contribution in [2.45, 2.75) is 26.3 Å². The summed E-state index contributed by atoms with van der Waals surface area (Å²) in [4.78, 5) is 10.5. The Hall–Kier alpha value is -1.43. The lowest BCUT2D eigenvalue weighted by Gasteiger charge is -2.15. The monoisotopic (exact) mass is 283 g/mol. The number of rotatable bonds is 8. The van der Waals surface area contributed by atoms with E-state index in [2.05, 4.69) is 24.5 Å². The van der Waals surface area contributed by atoms with Crippen LogP contribution in [-0.4, -0.2) is 29.5 Å². The summed E-state index contributed by atoms with van der Waals surface area (Å²) in [5.41, 5.74) is 1.63. The summed E-state index contributed by atoms with van der Waals surface area (Å²) in [6, 6.07) is 5.29. The number of non-ortho nitro benzene ring substituents is 1. The van der Waals surface area contributed by atoms with Crippen LogP contribution in [0, 0.1) is 10.1 Å². The molecule has 0 aromatic heterocycles. The summed E-state index contributed by atoms with van der Waals surface area (Å²) in [6.45, 7) is 4.23. The van der Waals surface area contributed by atoms with E-state index in [1.54, 1.807) is 13.1 Å². The summed E-state index contributed by atoms with van der Waals surface area (Å²) in [6.07, 6.45) is 1.04. The molecule has 0 heterocycles. The van der Waals surface area contributed by atoms with Gasteiger partial charge in [-0.3, -0.25) is 10.1 Å². The van der Waals surface area contributed by atoms with Crippen molar-refractivity contribution < 1.29 is 4.92 Å². The zero-order valence-corrected chi connectivity index (χ0v) is 12.4. The molecule has 5 nitrogen and oxygen atoms in total. The van der Waals surface area contributed by atoms with E-state index in [1.165, 1.54) is 6.07 Å².